The lowest BCUT2D eigenvalue weighted by Crippen LogP contribution is -2.13. The molecule has 6 heteroatoms. The van der Waals surface area contributed by atoms with E-state index in [0.29, 0.717) is 27.2 Å². The van der Waals surface area contributed by atoms with Gasteiger partial charge in [-0.2, -0.15) is 5.26 Å². The smallest absolute Gasteiger partial charge is 0.266 e. The average Bonchev–Trinajstić information content (AvgIpc) is 2.66. The minimum atomic E-state index is -0.503. The third-order valence-corrected chi connectivity index (χ3v) is 3.98. The van der Waals surface area contributed by atoms with E-state index in [9.17, 15) is 10.1 Å². The number of ether oxygens (including phenoxy) is 2. The van der Waals surface area contributed by atoms with Gasteiger partial charge >= 0.3 is 0 Å². The molecule has 0 bridgehead atoms. The molecule has 1 amide bonds. The standard InChI is InChI=1S/C20H15BrN2O3/c1-3-9-26-19-12-17(21)14(11-18(19)25-2)10-15(13-22)20(24)23-16-7-5-4-6-8-16/h1,4-8,10-12H,9H2,2H3,(H,23,24). The van der Waals surface area contributed by atoms with Crippen molar-refractivity contribution in [2.75, 3.05) is 19.0 Å². The monoisotopic (exact) mass is 410 g/mol. The Morgan fingerprint density at radius 3 is 2.65 bits per heavy atom. The molecule has 0 aliphatic rings. The molecule has 0 saturated heterocycles. The van der Waals surface area contributed by atoms with Gasteiger partial charge in [0.25, 0.3) is 5.91 Å². The first-order valence-electron chi connectivity index (χ1n) is 7.51. The number of rotatable bonds is 6. The van der Waals surface area contributed by atoms with Crippen LogP contribution in [0.5, 0.6) is 11.5 Å². The van der Waals surface area contributed by atoms with Crippen molar-refractivity contribution < 1.29 is 14.3 Å². The molecule has 0 aliphatic carbocycles. The second kappa shape index (κ2) is 9.31. The summed E-state index contributed by atoms with van der Waals surface area (Å²) in [5.41, 5.74) is 1.15. The largest absolute Gasteiger partial charge is 0.493 e. The molecule has 0 fully saturated rings. The Labute approximate surface area is 160 Å². The van der Waals surface area contributed by atoms with E-state index >= 15 is 0 Å². The quantitative estimate of drug-likeness (QED) is 0.443. The molecule has 5 nitrogen and oxygen atoms in total. The fourth-order valence-corrected chi connectivity index (χ4v) is 2.51. The van der Waals surface area contributed by atoms with Crippen molar-refractivity contribution in [2.45, 2.75) is 0 Å². The fourth-order valence-electron chi connectivity index (χ4n) is 2.08. The van der Waals surface area contributed by atoms with E-state index in [1.54, 1.807) is 36.4 Å². The van der Waals surface area contributed by atoms with Crippen LogP contribution in [0.3, 0.4) is 0 Å². The molecule has 130 valence electrons. The van der Waals surface area contributed by atoms with Crippen LogP contribution in [-0.4, -0.2) is 19.6 Å². The minimum absolute atomic E-state index is 0.0473. The number of methoxy groups -OCH3 is 1. The summed E-state index contributed by atoms with van der Waals surface area (Å²) in [7, 11) is 1.49. The minimum Gasteiger partial charge on any atom is -0.493 e. The molecular formula is C20H15BrN2O3. The highest BCUT2D eigenvalue weighted by atomic mass is 79.9. The Hall–Kier alpha value is -3.22. The second-order valence-corrected chi connectivity index (χ2v) is 5.86. The van der Waals surface area contributed by atoms with Gasteiger partial charge in [0.05, 0.1) is 7.11 Å². The molecule has 0 spiro atoms. The first kappa shape index (κ1) is 19.1. The number of nitriles is 1. The highest BCUT2D eigenvalue weighted by Gasteiger charge is 2.13. The Balaban J connectivity index is 2.32. The number of benzene rings is 2. The number of amides is 1. The van der Waals surface area contributed by atoms with Gasteiger partial charge in [-0.3, -0.25) is 4.79 Å². The summed E-state index contributed by atoms with van der Waals surface area (Å²) in [6.45, 7) is 0.0981. The zero-order valence-electron chi connectivity index (χ0n) is 14.0. The molecule has 0 atom stereocenters. The summed E-state index contributed by atoms with van der Waals surface area (Å²) in [6, 6.07) is 14.1. The lowest BCUT2D eigenvalue weighted by atomic mass is 10.1. The molecule has 0 aliphatic heterocycles. The van der Waals surface area contributed by atoms with Gasteiger partial charge in [0, 0.05) is 10.2 Å². The zero-order chi connectivity index (χ0) is 18.9. The van der Waals surface area contributed by atoms with E-state index in [4.69, 9.17) is 15.9 Å². The van der Waals surface area contributed by atoms with Crippen molar-refractivity contribution in [1.29, 1.82) is 5.26 Å². The van der Waals surface area contributed by atoms with Crippen LogP contribution in [0.15, 0.2) is 52.5 Å². The highest BCUT2D eigenvalue weighted by molar-refractivity contribution is 9.10. The van der Waals surface area contributed by atoms with E-state index in [1.165, 1.54) is 13.2 Å². The van der Waals surface area contributed by atoms with Crippen LogP contribution in [0, 0.1) is 23.7 Å². The van der Waals surface area contributed by atoms with Crippen molar-refractivity contribution in [1.82, 2.24) is 0 Å². The number of halogens is 1. The SMILES string of the molecule is C#CCOc1cc(Br)c(C=C(C#N)C(=O)Nc2ccccc2)cc1OC. The lowest BCUT2D eigenvalue weighted by Gasteiger charge is -2.11. The molecule has 2 aromatic rings. The van der Waals surface area contributed by atoms with Crippen LogP contribution < -0.4 is 14.8 Å². The van der Waals surface area contributed by atoms with Gasteiger partial charge in [-0.05, 0) is 35.9 Å². The molecular weight excluding hydrogens is 396 g/mol. The molecule has 0 aromatic heterocycles. The maximum atomic E-state index is 12.3. The number of carbonyl (C=O) groups excluding carboxylic acids is 1. The molecule has 26 heavy (non-hydrogen) atoms. The van der Waals surface area contributed by atoms with Crippen LogP contribution in [-0.2, 0) is 4.79 Å². The number of hydrogen-bond acceptors (Lipinski definition) is 4. The Bertz CT molecular complexity index is 909. The van der Waals surface area contributed by atoms with Gasteiger partial charge in [-0.1, -0.05) is 40.0 Å². The molecule has 1 N–H and O–H groups in total. The lowest BCUT2D eigenvalue weighted by molar-refractivity contribution is -0.112. The topological polar surface area (TPSA) is 71.3 Å². The van der Waals surface area contributed by atoms with Gasteiger partial charge in [0.2, 0.25) is 0 Å². The molecule has 2 aromatic carbocycles. The third-order valence-electron chi connectivity index (χ3n) is 3.29. The van der Waals surface area contributed by atoms with Crippen LogP contribution in [0.1, 0.15) is 5.56 Å². The predicted molar refractivity (Wildman–Crippen MR) is 104 cm³/mol. The van der Waals surface area contributed by atoms with E-state index in [-0.39, 0.29) is 12.2 Å². The summed E-state index contributed by atoms with van der Waals surface area (Å²) in [5.74, 6) is 2.78. The van der Waals surface area contributed by atoms with Gasteiger partial charge in [-0.15, -0.1) is 6.42 Å². The van der Waals surface area contributed by atoms with Crippen molar-refractivity contribution >= 4 is 33.6 Å². The first-order chi connectivity index (χ1) is 12.6. The number of para-hydroxylation sites is 1. The van der Waals surface area contributed by atoms with E-state index < -0.39 is 5.91 Å². The van der Waals surface area contributed by atoms with Crippen molar-refractivity contribution in [3.63, 3.8) is 0 Å². The van der Waals surface area contributed by atoms with E-state index in [0.717, 1.165) is 0 Å². The Kier molecular flexibility index (Phi) is 6.84. The van der Waals surface area contributed by atoms with Crippen LogP contribution >= 0.6 is 15.9 Å². The Morgan fingerprint density at radius 1 is 1.31 bits per heavy atom. The number of terminal acetylenes is 1. The van der Waals surface area contributed by atoms with E-state index in [2.05, 4.69) is 27.2 Å². The molecule has 0 radical (unpaired) electrons. The van der Waals surface area contributed by atoms with Gasteiger partial charge < -0.3 is 14.8 Å². The molecule has 2 rings (SSSR count). The number of nitrogens with one attached hydrogen (secondary N) is 1. The predicted octanol–water partition coefficient (Wildman–Crippen LogP) is 4.02. The van der Waals surface area contributed by atoms with Crippen molar-refractivity contribution in [2.24, 2.45) is 0 Å². The molecule has 0 saturated carbocycles. The molecule has 0 heterocycles. The maximum Gasteiger partial charge on any atom is 0.266 e. The van der Waals surface area contributed by atoms with Crippen molar-refractivity contribution in [3.05, 3.63) is 58.1 Å². The second-order valence-electron chi connectivity index (χ2n) is 5.01. The summed E-state index contributed by atoms with van der Waals surface area (Å²) in [6.07, 6.45) is 6.67. The third kappa shape index (κ3) is 4.89. The maximum absolute atomic E-state index is 12.3. The summed E-state index contributed by atoms with van der Waals surface area (Å²) < 4.78 is 11.3. The molecule has 0 unspecified atom stereocenters. The summed E-state index contributed by atoms with van der Waals surface area (Å²) in [4.78, 5) is 12.3. The number of nitrogens with zero attached hydrogens (tertiary/aromatic N) is 1. The van der Waals surface area contributed by atoms with Crippen LogP contribution in [0.25, 0.3) is 6.08 Å². The number of carbonyl (C=O) groups is 1. The van der Waals surface area contributed by atoms with Crippen LogP contribution in [0.2, 0.25) is 0 Å². The zero-order valence-corrected chi connectivity index (χ0v) is 15.5. The first-order valence-corrected chi connectivity index (χ1v) is 8.30. The summed E-state index contributed by atoms with van der Waals surface area (Å²) >= 11 is 3.40. The normalized spacial score (nSPS) is 10.4. The Morgan fingerprint density at radius 2 is 2.04 bits per heavy atom. The van der Waals surface area contributed by atoms with Gasteiger partial charge in [-0.25, -0.2) is 0 Å². The van der Waals surface area contributed by atoms with E-state index in [1.807, 2.05) is 12.1 Å². The number of hydrogen-bond donors (Lipinski definition) is 1. The van der Waals surface area contributed by atoms with Gasteiger partial charge in [0.15, 0.2) is 11.5 Å². The number of anilines is 1. The van der Waals surface area contributed by atoms with Gasteiger partial charge in [0.1, 0.15) is 18.2 Å². The average molecular weight is 411 g/mol. The highest BCUT2D eigenvalue weighted by Crippen LogP contribution is 2.34. The fraction of sp³-hybridized carbons (Fsp3) is 0.100. The van der Waals surface area contributed by atoms with Crippen LogP contribution in [0.4, 0.5) is 5.69 Å². The summed E-state index contributed by atoms with van der Waals surface area (Å²) in [5, 5.41) is 12.0. The van der Waals surface area contributed by atoms with Crippen molar-refractivity contribution in [3.8, 4) is 29.9 Å².